The highest BCUT2D eigenvalue weighted by molar-refractivity contribution is 5.91. The largest absolute Gasteiger partial charge is 0.387 e. The smallest absolute Gasteiger partial charge is 0.269 e. The van der Waals surface area contributed by atoms with Crippen molar-refractivity contribution in [1.82, 2.24) is 0 Å². The van der Waals surface area contributed by atoms with Crippen LogP contribution in [0.25, 0.3) is 0 Å². The monoisotopic (exact) mass is 375 g/mol. The quantitative estimate of drug-likeness (QED) is 0.351. The van der Waals surface area contributed by atoms with Crippen LogP contribution in [0.3, 0.4) is 0 Å². The van der Waals surface area contributed by atoms with Gasteiger partial charge in [-0.25, -0.2) is 0 Å². The third-order valence-corrected chi connectivity index (χ3v) is 4.29. The van der Waals surface area contributed by atoms with Crippen LogP contribution in [0.15, 0.2) is 90.0 Å². The van der Waals surface area contributed by atoms with Gasteiger partial charge < -0.3 is 5.11 Å². The Bertz CT molecular complexity index is 926. The van der Waals surface area contributed by atoms with E-state index >= 15 is 0 Å². The molecule has 0 saturated heterocycles. The molecule has 0 aliphatic heterocycles. The highest BCUT2D eigenvalue weighted by Gasteiger charge is 2.15. The Labute approximate surface area is 163 Å². The van der Waals surface area contributed by atoms with Crippen molar-refractivity contribution in [3.63, 3.8) is 0 Å². The SMILES string of the molecule is O=[N+]([O-])c1ccc(N/N=C(\Cc2ccccc2)C(O)Cc2ccccc2)cc1. The van der Waals surface area contributed by atoms with E-state index in [1.165, 1.54) is 12.1 Å². The molecule has 0 bridgehead atoms. The van der Waals surface area contributed by atoms with Crippen LogP contribution in [0.2, 0.25) is 0 Å². The minimum absolute atomic E-state index is 0.0168. The molecule has 3 aromatic carbocycles. The topological polar surface area (TPSA) is 87.8 Å². The van der Waals surface area contributed by atoms with Gasteiger partial charge in [0.15, 0.2) is 0 Å². The van der Waals surface area contributed by atoms with Gasteiger partial charge in [-0.1, -0.05) is 60.7 Å². The van der Waals surface area contributed by atoms with Gasteiger partial charge in [0.05, 0.1) is 22.4 Å². The molecule has 0 aromatic heterocycles. The van der Waals surface area contributed by atoms with Gasteiger partial charge in [0.25, 0.3) is 5.69 Å². The molecular formula is C22H21N3O3. The summed E-state index contributed by atoms with van der Waals surface area (Å²) in [6, 6.07) is 25.5. The Balaban J connectivity index is 1.78. The first-order valence-corrected chi connectivity index (χ1v) is 8.94. The molecular weight excluding hydrogens is 354 g/mol. The molecule has 6 nitrogen and oxygen atoms in total. The Morgan fingerprint density at radius 3 is 2.07 bits per heavy atom. The molecule has 0 spiro atoms. The van der Waals surface area contributed by atoms with Crippen LogP contribution in [0.5, 0.6) is 0 Å². The van der Waals surface area contributed by atoms with E-state index < -0.39 is 11.0 Å². The van der Waals surface area contributed by atoms with E-state index in [0.717, 1.165) is 11.1 Å². The summed E-state index contributed by atoms with van der Waals surface area (Å²) in [4.78, 5) is 10.3. The number of benzene rings is 3. The summed E-state index contributed by atoms with van der Waals surface area (Å²) < 4.78 is 0. The summed E-state index contributed by atoms with van der Waals surface area (Å²) >= 11 is 0. The van der Waals surface area contributed by atoms with Crippen LogP contribution in [-0.4, -0.2) is 21.8 Å². The molecule has 0 aliphatic carbocycles. The molecule has 1 atom stereocenters. The number of hydrogen-bond acceptors (Lipinski definition) is 5. The maximum Gasteiger partial charge on any atom is 0.269 e. The number of aliphatic hydroxyl groups excluding tert-OH is 1. The number of non-ortho nitro benzene ring substituents is 1. The summed E-state index contributed by atoms with van der Waals surface area (Å²) in [7, 11) is 0. The van der Waals surface area contributed by atoms with Crippen molar-refractivity contribution in [2.75, 3.05) is 5.43 Å². The van der Waals surface area contributed by atoms with Crippen molar-refractivity contribution in [2.45, 2.75) is 18.9 Å². The van der Waals surface area contributed by atoms with Gasteiger partial charge in [0.2, 0.25) is 0 Å². The third kappa shape index (κ3) is 5.49. The van der Waals surface area contributed by atoms with E-state index in [9.17, 15) is 15.2 Å². The van der Waals surface area contributed by atoms with Crippen LogP contribution >= 0.6 is 0 Å². The van der Waals surface area contributed by atoms with E-state index in [2.05, 4.69) is 10.5 Å². The van der Waals surface area contributed by atoms with Crippen LogP contribution in [-0.2, 0) is 12.8 Å². The lowest BCUT2D eigenvalue weighted by atomic mass is 9.99. The van der Waals surface area contributed by atoms with Crippen molar-refractivity contribution in [3.05, 3.63) is 106 Å². The molecule has 0 fully saturated rings. The van der Waals surface area contributed by atoms with Crippen molar-refractivity contribution in [1.29, 1.82) is 0 Å². The van der Waals surface area contributed by atoms with Gasteiger partial charge in [-0.3, -0.25) is 15.5 Å². The van der Waals surface area contributed by atoms with Gasteiger partial charge in [-0.2, -0.15) is 5.10 Å². The Morgan fingerprint density at radius 1 is 0.929 bits per heavy atom. The van der Waals surface area contributed by atoms with Crippen LogP contribution in [0.4, 0.5) is 11.4 Å². The first kappa shape index (κ1) is 19.3. The number of rotatable bonds is 8. The van der Waals surface area contributed by atoms with E-state index in [1.54, 1.807) is 12.1 Å². The van der Waals surface area contributed by atoms with Crippen molar-refractivity contribution < 1.29 is 10.0 Å². The Hall–Kier alpha value is -3.51. The third-order valence-electron chi connectivity index (χ3n) is 4.29. The molecule has 6 heteroatoms. The van der Waals surface area contributed by atoms with Crippen molar-refractivity contribution >= 4 is 17.1 Å². The van der Waals surface area contributed by atoms with Crippen LogP contribution in [0.1, 0.15) is 11.1 Å². The van der Waals surface area contributed by atoms with Gasteiger partial charge in [-0.15, -0.1) is 0 Å². The lowest BCUT2D eigenvalue weighted by Crippen LogP contribution is -2.26. The zero-order chi connectivity index (χ0) is 19.8. The summed E-state index contributed by atoms with van der Waals surface area (Å²) in [5.74, 6) is 0. The normalized spacial score (nSPS) is 12.4. The molecule has 1 unspecified atom stereocenters. The minimum Gasteiger partial charge on any atom is -0.387 e. The van der Waals surface area contributed by atoms with Gasteiger partial charge in [-0.05, 0) is 23.3 Å². The molecule has 0 heterocycles. The lowest BCUT2D eigenvalue weighted by molar-refractivity contribution is -0.384. The van der Waals surface area contributed by atoms with E-state index in [4.69, 9.17) is 0 Å². The second kappa shape index (κ2) is 9.43. The Kier molecular flexibility index (Phi) is 6.49. The first-order chi connectivity index (χ1) is 13.6. The van der Waals surface area contributed by atoms with Gasteiger partial charge in [0, 0.05) is 25.0 Å². The molecule has 2 N–H and O–H groups in total. The zero-order valence-electron chi connectivity index (χ0n) is 15.2. The number of aliphatic hydroxyl groups is 1. The van der Waals surface area contributed by atoms with Crippen LogP contribution < -0.4 is 5.43 Å². The zero-order valence-corrected chi connectivity index (χ0v) is 15.2. The molecule has 0 saturated carbocycles. The molecule has 3 rings (SSSR count). The van der Waals surface area contributed by atoms with Crippen molar-refractivity contribution in [2.24, 2.45) is 5.10 Å². The maximum atomic E-state index is 10.8. The standard InChI is InChI=1S/C22H21N3O3/c26-22(16-18-9-5-2-6-10-18)21(15-17-7-3-1-4-8-17)24-23-19-11-13-20(14-12-19)25(27)28/h1-14,22-23,26H,15-16H2/b24-21+. The number of nitrogens with zero attached hydrogens (tertiary/aromatic N) is 2. The predicted octanol–water partition coefficient (Wildman–Crippen LogP) is 4.21. The minimum atomic E-state index is -0.756. The van der Waals surface area contributed by atoms with Gasteiger partial charge >= 0.3 is 0 Å². The summed E-state index contributed by atoms with van der Waals surface area (Å²) in [5, 5.41) is 25.9. The van der Waals surface area contributed by atoms with E-state index in [1.807, 2.05) is 60.7 Å². The second-order valence-corrected chi connectivity index (χ2v) is 6.39. The fourth-order valence-corrected chi connectivity index (χ4v) is 2.79. The molecule has 3 aromatic rings. The Morgan fingerprint density at radius 2 is 1.50 bits per heavy atom. The van der Waals surface area contributed by atoms with Gasteiger partial charge in [0.1, 0.15) is 0 Å². The van der Waals surface area contributed by atoms with E-state index in [0.29, 0.717) is 24.2 Å². The number of nitro benzene ring substituents is 1. The highest BCUT2D eigenvalue weighted by atomic mass is 16.6. The predicted molar refractivity (Wildman–Crippen MR) is 110 cm³/mol. The van der Waals surface area contributed by atoms with E-state index in [-0.39, 0.29) is 5.69 Å². The molecule has 0 aliphatic rings. The summed E-state index contributed by atoms with van der Waals surface area (Å²) in [6.45, 7) is 0. The number of nitro groups is 1. The number of nitrogens with one attached hydrogen (secondary N) is 1. The molecule has 28 heavy (non-hydrogen) atoms. The first-order valence-electron chi connectivity index (χ1n) is 8.94. The van der Waals surface area contributed by atoms with Crippen LogP contribution in [0, 0.1) is 10.1 Å². The fraction of sp³-hybridized carbons (Fsp3) is 0.136. The number of anilines is 1. The molecule has 0 amide bonds. The molecule has 0 radical (unpaired) electrons. The second-order valence-electron chi connectivity index (χ2n) is 6.39. The lowest BCUT2D eigenvalue weighted by Gasteiger charge is -2.15. The highest BCUT2D eigenvalue weighted by Crippen LogP contribution is 2.16. The van der Waals surface area contributed by atoms with Crippen molar-refractivity contribution in [3.8, 4) is 0 Å². The fourth-order valence-electron chi connectivity index (χ4n) is 2.79. The number of hydrazone groups is 1. The average molecular weight is 375 g/mol. The maximum absolute atomic E-state index is 10.8. The average Bonchev–Trinajstić information content (AvgIpc) is 2.73. The summed E-state index contributed by atoms with van der Waals surface area (Å²) in [5.41, 5.74) is 6.19. The molecule has 142 valence electrons. The summed E-state index contributed by atoms with van der Waals surface area (Å²) in [6.07, 6.45) is 0.191. The number of hydrogen-bond donors (Lipinski definition) is 2.